The number of ether oxygens (including phenoxy) is 2. The standard InChI is InChI=1S/C31H36N2O5/c1-19-18-32-17-16-20-12-8-9-13-21(20)25(32)31(24(19)26(34)37-29(2,3)4)22-14-10-11-15-23(22)33(27(31)35)28(36)38-30(5,6)7/h8-15,18,24-25H,16-17H2,1-7H3/t24-,25+,31+/m0/s1. The topological polar surface area (TPSA) is 76.2 Å². The molecule has 2 amide bonds. The highest BCUT2D eigenvalue weighted by atomic mass is 16.6. The highest BCUT2D eigenvalue weighted by molar-refractivity contribution is 6.23. The van der Waals surface area contributed by atoms with Gasteiger partial charge in [0, 0.05) is 6.54 Å². The summed E-state index contributed by atoms with van der Waals surface area (Å²) in [4.78, 5) is 45.9. The molecule has 3 heterocycles. The van der Waals surface area contributed by atoms with E-state index in [1.54, 1.807) is 32.9 Å². The molecule has 3 atom stereocenters. The van der Waals surface area contributed by atoms with Crippen LogP contribution in [-0.2, 0) is 30.9 Å². The second-order valence-electron chi connectivity index (χ2n) is 12.4. The van der Waals surface area contributed by atoms with E-state index in [-0.39, 0.29) is 0 Å². The van der Waals surface area contributed by atoms with E-state index in [9.17, 15) is 14.4 Å². The molecule has 0 N–H and O–H groups in total. The lowest BCUT2D eigenvalue weighted by atomic mass is 9.59. The summed E-state index contributed by atoms with van der Waals surface area (Å²) in [6.07, 6.45) is 2.06. The molecule has 0 aliphatic carbocycles. The minimum atomic E-state index is -1.43. The molecule has 38 heavy (non-hydrogen) atoms. The van der Waals surface area contributed by atoms with Crippen LogP contribution in [0.5, 0.6) is 0 Å². The Morgan fingerprint density at radius 3 is 2.24 bits per heavy atom. The third kappa shape index (κ3) is 3.99. The van der Waals surface area contributed by atoms with Crippen molar-refractivity contribution in [2.75, 3.05) is 11.4 Å². The van der Waals surface area contributed by atoms with Crippen molar-refractivity contribution in [1.82, 2.24) is 4.90 Å². The molecule has 0 aromatic heterocycles. The van der Waals surface area contributed by atoms with Crippen molar-refractivity contribution in [3.05, 3.63) is 77.0 Å². The number of para-hydroxylation sites is 1. The van der Waals surface area contributed by atoms with Gasteiger partial charge in [-0.2, -0.15) is 0 Å². The van der Waals surface area contributed by atoms with Gasteiger partial charge in [-0.25, -0.2) is 9.69 Å². The fourth-order valence-electron chi connectivity index (χ4n) is 6.28. The number of rotatable bonds is 1. The molecule has 0 radical (unpaired) electrons. The van der Waals surface area contributed by atoms with E-state index in [1.807, 2.05) is 64.2 Å². The Bertz CT molecular complexity index is 1350. The Balaban J connectivity index is 1.81. The molecule has 0 saturated carbocycles. The Hall–Kier alpha value is -3.61. The average molecular weight is 517 g/mol. The van der Waals surface area contributed by atoms with Gasteiger partial charge >= 0.3 is 12.1 Å². The number of hydrogen-bond donors (Lipinski definition) is 0. The van der Waals surface area contributed by atoms with Gasteiger partial charge < -0.3 is 14.4 Å². The maximum absolute atomic E-state index is 14.9. The van der Waals surface area contributed by atoms with E-state index in [2.05, 4.69) is 11.0 Å². The van der Waals surface area contributed by atoms with Gasteiger partial charge in [-0.15, -0.1) is 0 Å². The van der Waals surface area contributed by atoms with Crippen LogP contribution in [0.15, 0.2) is 60.3 Å². The van der Waals surface area contributed by atoms with Crippen LogP contribution in [0.2, 0.25) is 0 Å². The SMILES string of the molecule is CC1=CN2CCc3ccccc3[C@@H]2[C@]2(C(=O)N(C(=O)OC(C)(C)C)c3ccccc32)[C@@H]1C(=O)OC(C)(C)C. The van der Waals surface area contributed by atoms with Crippen molar-refractivity contribution in [3.63, 3.8) is 0 Å². The lowest BCUT2D eigenvalue weighted by molar-refractivity contribution is -0.165. The summed E-state index contributed by atoms with van der Waals surface area (Å²) in [7, 11) is 0. The van der Waals surface area contributed by atoms with Gasteiger partial charge in [0.15, 0.2) is 0 Å². The molecular weight excluding hydrogens is 480 g/mol. The fraction of sp³-hybridized carbons (Fsp3) is 0.452. The van der Waals surface area contributed by atoms with Crippen molar-refractivity contribution in [2.45, 2.75) is 77.5 Å². The quantitative estimate of drug-likeness (QED) is 0.454. The molecule has 0 fully saturated rings. The fourth-order valence-corrected chi connectivity index (χ4v) is 6.28. The number of benzene rings is 2. The molecule has 2 aromatic carbocycles. The van der Waals surface area contributed by atoms with Crippen molar-refractivity contribution < 1.29 is 23.9 Å². The van der Waals surface area contributed by atoms with Crippen LogP contribution >= 0.6 is 0 Å². The van der Waals surface area contributed by atoms with Crippen LogP contribution < -0.4 is 4.90 Å². The summed E-state index contributed by atoms with van der Waals surface area (Å²) < 4.78 is 11.7. The molecule has 5 rings (SSSR count). The molecule has 1 spiro atoms. The first-order chi connectivity index (χ1) is 17.8. The number of carbonyl (C=O) groups is 3. The normalized spacial score (nSPS) is 24.4. The monoisotopic (exact) mass is 516 g/mol. The lowest BCUT2D eigenvalue weighted by Gasteiger charge is -2.52. The van der Waals surface area contributed by atoms with E-state index < -0.39 is 46.5 Å². The first-order valence-electron chi connectivity index (χ1n) is 13.2. The summed E-state index contributed by atoms with van der Waals surface area (Å²) in [5.74, 6) is -1.89. The maximum atomic E-state index is 14.9. The van der Waals surface area contributed by atoms with Crippen LogP contribution in [0.4, 0.5) is 10.5 Å². The molecule has 7 nitrogen and oxygen atoms in total. The number of imide groups is 1. The number of carbonyl (C=O) groups excluding carboxylic acids is 3. The van der Waals surface area contributed by atoms with Crippen LogP contribution in [-0.4, -0.2) is 40.6 Å². The van der Waals surface area contributed by atoms with Gasteiger partial charge in [0.1, 0.15) is 22.5 Å². The Morgan fingerprint density at radius 2 is 1.55 bits per heavy atom. The van der Waals surface area contributed by atoms with Crippen molar-refractivity contribution in [2.24, 2.45) is 5.92 Å². The second-order valence-corrected chi connectivity index (χ2v) is 12.4. The van der Waals surface area contributed by atoms with E-state index in [4.69, 9.17) is 9.47 Å². The van der Waals surface area contributed by atoms with Crippen LogP contribution in [0.1, 0.15) is 71.2 Å². The zero-order valence-corrected chi connectivity index (χ0v) is 23.2. The van der Waals surface area contributed by atoms with Crippen molar-refractivity contribution in [3.8, 4) is 0 Å². The highest BCUT2D eigenvalue weighted by Gasteiger charge is 2.68. The van der Waals surface area contributed by atoms with Crippen LogP contribution in [0, 0.1) is 5.92 Å². The number of anilines is 1. The first kappa shape index (κ1) is 26.0. The zero-order chi connectivity index (χ0) is 27.6. The molecule has 3 aliphatic heterocycles. The van der Waals surface area contributed by atoms with Crippen molar-refractivity contribution in [1.29, 1.82) is 0 Å². The van der Waals surface area contributed by atoms with E-state index in [1.165, 1.54) is 0 Å². The molecule has 7 heteroatoms. The van der Waals surface area contributed by atoms with Gasteiger partial charge in [-0.3, -0.25) is 9.59 Å². The first-order valence-corrected chi connectivity index (χ1v) is 13.2. The molecule has 200 valence electrons. The van der Waals surface area contributed by atoms with Gasteiger partial charge in [0.25, 0.3) is 5.91 Å². The van der Waals surface area contributed by atoms with Gasteiger partial charge in [0.05, 0.1) is 11.7 Å². The second kappa shape index (κ2) is 8.72. The minimum absolute atomic E-state index is 0.443. The van der Waals surface area contributed by atoms with Crippen LogP contribution in [0.25, 0.3) is 0 Å². The smallest absolute Gasteiger partial charge is 0.421 e. The number of amides is 2. The summed E-state index contributed by atoms with van der Waals surface area (Å²) in [6.45, 7) is 13.3. The average Bonchev–Trinajstić information content (AvgIpc) is 3.05. The van der Waals surface area contributed by atoms with Crippen molar-refractivity contribution >= 4 is 23.7 Å². The highest BCUT2D eigenvalue weighted by Crippen LogP contribution is 2.60. The minimum Gasteiger partial charge on any atom is -0.459 e. The van der Waals surface area contributed by atoms with Gasteiger partial charge in [0.2, 0.25) is 0 Å². The largest absolute Gasteiger partial charge is 0.459 e. The van der Waals surface area contributed by atoms with E-state index in [0.29, 0.717) is 17.8 Å². The molecule has 0 unspecified atom stereocenters. The predicted molar refractivity (Wildman–Crippen MR) is 145 cm³/mol. The molecule has 0 saturated heterocycles. The van der Waals surface area contributed by atoms with E-state index >= 15 is 0 Å². The third-order valence-corrected chi connectivity index (χ3v) is 7.40. The summed E-state index contributed by atoms with van der Waals surface area (Å²) in [5.41, 5.74) is 0.916. The summed E-state index contributed by atoms with van der Waals surface area (Å²) in [5, 5.41) is 0. The van der Waals surface area contributed by atoms with Gasteiger partial charge in [-0.05, 0) is 89.4 Å². The number of esters is 1. The summed E-state index contributed by atoms with van der Waals surface area (Å²) >= 11 is 0. The third-order valence-electron chi connectivity index (χ3n) is 7.40. The Kier molecular flexibility index (Phi) is 5.97. The zero-order valence-electron chi connectivity index (χ0n) is 23.2. The molecule has 3 aliphatic rings. The van der Waals surface area contributed by atoms with Gasteiger partial charge in [-0.1, -0.05) is 42.5 Å². The Morgan fingerprint density at radius 1 is 0.921 bits per heavy atom. The predicted octanol–water partition coefficient (Wildman–Crippen LogP) is 5.68. The lowest BCUT2D eigenvalue weighted by Crippen LogP contribution is -2.61. The number of fused-ring (bicyclic) bond motifs is 6. The maximum Gasteiger partial charge on any atom is 0.421 e. The Labute approximate surface area is 224 Å². The molecule has 2 aromatic rings. The van der Waals surface area contributed by atoms with Crippen LogP contribution in [0.3, 0.4) is 0 Å². The molecule has 0 bridgehead atoms. The van der Waals surface area contributed by atoms with E-state index in [0.717, 1.165) is 28.0 Å². The number of hydrogen-bond acceptors (Lipinski definition) is 6. The molecular formula is C31H36N2O5. The summed E-state index contributed by atoms with van der Waals surface area (Å²) in [6, 6.07) is 14.8. The number of nitrogens with zero attached hydrogens (tertiary/aromatic N) is 2.